The summed E-state index contributed by atoms with van der Waals surface area (Å²) >= 11 is 0. The van der Waals surface area contributed by atoms with Crippen LogP contribution in [0.5, 0.6) is 0 Å². The first-order valence-corrected chi connectivity index (χ1v) is 9.00. The summed E-state index contributed by atoms with van der Waals surface area (Å²) < 4.78 is 0. The molecule has 132 valence electrons. The SMILES string of the molecule is NC1=NC2(CCCCC2)N(c2ccccc2N2CCCC2=O)C(N)=N1. The largest absolute Gasteiger partial charge is 0.369 e. The van der Waals surface area contributed by atoms with Crippen molar-refractivity contribution in [3.63, 3.8) is 0 Å². The van der Waals surface area contributed by atoms with Gasteiger partial charge in [0.25, 0.3) is 0 Å². The number of nitrogens with two attached hydrogens (primary N) is 2. The average Bonchev–Trinajstić information content (AvgIpc) is 3.01. The molecular weight excluding hydrogens is 316 g/mol. The molecule has 0 bridgehead atoms. The summed E-state index contributed by atoms with van der Waals surface area (Å²) in [5, 5.41) is 0. The highest BCUT2D eigenvalue weighted by Crippen LogP contribution is 2.43. The zero-order valence-electron chi connectivity index (χ0n) is 14.3. The van der Waals surface area contributed by atoms with Crippen molar-refractivity contribution in [2.75, 3.05) is 16.3 Å². The number of hydrogen-bond acceptors (Lipinski definition) is 6. The van der Waals surface area contributed by atoms with Crippen molar-refractivity contribution < 1.29 is 4.79 Å². The van der Waals surface area contributed by atoms with Gasteiger partial charge in [-0.1, -0.05) is 18.6 Å². The van der Waals surface area contributed by atoms with E-state index in [4.69, 9.17) is 16.5 Å². The Balaban J connectivity index is 1.82. The molecule has 7 heteroatoms. The summed E-state index contributed by atoms with van der Waals surface area (Å²) in [6, 6.07) is 7.89. The van der Waals surface area contributed by atoms with Crippen LogP contribution in [-0.2, 0) is 4.79 Å². The molecule has 1 aliphatic carbocycles. The van der Waals surface area contributed by atoms with Gasteiger partial charge in [-0.25, -0.2) is 4.99 Å². The number of aliphatic imine (C=N–C) groups is 2. The summed E-state index contributed by atoms with van der Waals surface area (Å²) in [7, 11) is 0. The second kappa shape index (κ2) is 6.06. The van der Waals surface area contributed by atoms with Gasteiger partial charge in [0.1, 0.15) is 5.66 Å². The molecule has 0 radical (unpaired) electrons. The van der Waals surface area contributed by atoms with Gasteiger partial charge in [0.15, 0.2) is 0 Å². The van der Waals surface area contributed by atoms with Gasteiger partial charge < -0.3 is 16.4 Å². The minimum absolute atomic E-state index is 0.153. The number of anilines is 2. The van der Waals surface area contributed by atoms with Gasteiger partial charge in [-0.2, -0.15) is 4.99 Å². The highest BCUT2D eigenvalue weighted by molar-refractivity contribution is 6.09. The number of guanidine groups is 2. The maximum absolute atomic E-state index is 12.3. The van der Waals surface area contributed by atoms with Gasteiger partial charge >= 0.3 is 0 Å². The van der Waals surface area contributed by atoms with Crippen LogP contribution in [0.4, 0.5) is 11.4 Å². The topological polar surface area (TPSA) is 100 Å². The van der Waals surface area contributed by atoms with Crippen LogP contribution in [0, 0.1) is 0 Å². The summed E-state index contributed by atoms with van der Waals surface area (Å²) in [5.74, 6) is 0.750. The van der Waals surface area contributed by atoms with E-state index in [0.717, 1.165) is 50.0 Å². The fourth-order valence-electron chi connectivity index (χ4n) is 4.25. The number of benzene rings is 1. The predicted octanol–water partition coefficient (Wildman–Crippen LogP) is 1.92. The second-order valence-electron chi connectivity index (χ2n) is 6.96. The summed E-state index contributed by atoms with van der Waals surface area (Å²) in [6.07, 6.45) is 6.57. The minimum atomic E-state index is -0.493. The number of carbonyl (C=O) groups excluding carboxylic acids is 1. The number of hydrogen-bond donors (Lipinski definition) is 2. The monoisotopic (exact) mass is 340 g/mol. The molecule has 2 aliphatic heterocycles. The van der Waals surface area contributed by atoms with E-state index in [-0.39, 0.29) is 11.9 Å². The first-order chi connectivity index (χ1) is 12.1. The molecule has 7 nitrogen and oxygen atoms in total. The molecule has 1 aromatic carbocycles. The second-order valence-corrected chi connectivity index (χ2v) is 6.96. The Kier molecular flexibility index (Phi) is 3.86. The van der Waals surface area contributed by atoms with Crippen molar-refractivity contribution in [3.8, 4) is 0 Å². The van der Waals surface area contributed by atoms with E-state index in [0.29, 0.717) is 12.4 Å². The van der Waals surface area contributed by atoms with E-state index < -0.39 is 5.66 Å². The molecule has 4 N–H and O–H groups in total. The third kappa shape index (κ3) is 2.63. The van der Waals surface area contributed by atoms with Gasteiger partial charge in [0.05, 0.1) is 11.4 Å². The lowest BCUT2D eigenvalue weighted by Crippen LogP contribution is -2.58. The Morgan fingerprint density at radius 2 is 1.72 bits per heavy atom. The maximum Gasteiger partial charge on any atom is 0.227 e. The highest BCUT2D eigenvalue weighted by atomic mass is 16.2. The molecule has 1 saturated carbocycles. The van der Waals surface area contributed by atoms with Crippen LogP contribution in [0.2, 0.25) is 0 Å². The van der Waals surface area contributed by atoms with Crippen molar-refractivity contribution in [3.05, 3.63) is 24.3 Å². The van der Waals surface area contributed by atoms with Crippen LogP contribution < -0.4 is 21.3 Å². The molecule has 4 rings (SSSR count). The Labute approximate surface area is 147 Å². The van der Waals surface area contributed by atoms with Crippen molar-refractivity contribution in [2.45, 2.75) is 50.6 Å². The molecule has 0 unspecified atom stereocenters. The molecule has 1 spiro atoms. The van der Waals surface area contributed by atoms with Gasteiger partial charge in [0.2, 0.25) is 17.8 Å². The molecule has 2 heterocycles. The van der Waals surface area contributed by atoms with Crippen molar-refractivity contribution in [2.24, 2.45) is 21.5 Å². The molecule has 3 aliphatic rings. The first-order valence-electron chi connectivity index (χ1n) is 9.00. The van der Waals surface area contributed by atoms with E-state index in [1.165, 1.54) is 6.42 Å². The first kappa shape index (κ1) is 15.9. The molecule has 1 saturated heterocycles. The molecule has 25 heavy (non-hydrogen) atoms. The maximum atomic E-state index is 12.3. The molecular formula is C18H24N6O. The van der Waals surface area contributed by atoms with Crippen LogP contribution in [0.25, 0.3) is 0 Å². The number of rotatable bonds is 2. The summed E-state index contributed by atoms with van der Waals surface area (Å²) in [4.78, 5) is 25.1. The number of amides is 1. The zero-order chi connectivity index (χ0) is 17.4. The van der Waals surface area contributed by atoms with Crippen LogP contribution >= 0.6 is 0 Å². The lowest BCUT2D eigenvalue weighted by molar-refractivity contribution is -0.117. The van der Waals surface area contributed by atoms with E-state index in [1.54, 1.807) is 0 Å². The van der Waals surface area contributed by atoms with Crippen molar-refractivity contribution >= 4 is 29.2 Å². The van der Waals surface area contributed by atoms with Gasteiger partial charge in [-0.15, -0.1) is 0 Å². The van der Waals surface area contributed by atoms with E-state index in [9.17, 15) is 4.79 Å². The minimum Gasteiger partial charge on any atom is -0.369 e. The van der Waals surface area contributed by atoms with E-state index >= 15 is 0 Å². The Morgan fingerprint density at radius 3 is 2.40 bits per heavy atom. The lowest BCUT2D eigenvalue weighted by Gasteiger charge is -2.46. The molecule has 1 amide bonds. The Hall–Kier alpha value is -2.57. The number of carbonyl (C=O) groups is 1. The van der Waals surface area contributed by atoms with Crippen LogP contribution in [0.15, 0.2) is 34.3 Å². The molecule has 1 aromatic rings. The van der Waals surface area contributed by atoms with Crippen LogP contribution in [0.1, 0.15) is 44.9 Å². The standard InChI is InChI=1S/C18H24N6O/c19-16-21-17(20)24(18(22-16)10-4-1-5-11-18)14-8-3-2-7-13(14)23-12-6-9-15(23)25/h2-3,7-8H,1,4-6,9-12H2,(H4,19,20,21,22). The fourth-order valence-corrected chi connectivity index (χ4v) is 4.25. The zero-order valence-corrected chi connectivity index (χ0v) is 14.3. The van der Waals surface area contributed by atoms with E-state index in [2.05, 4.69) is 4.99 Å². The smallest absolute Gasteiger partial charge is 0.227 e. The third-order valence-corrected chi connectivity index (χ3v) is 5.34. The normalized spacial score (nSPS) is 23.0. The number of nitrogens with zero attached hydrogens (tertiary/aromatic N) is 4. The summed E-state index contributed by atoms with van der Waals surface area (Å²) in [6.45, 7) is 0.735. The van der Waals surface area contributed by atoms with Crippen LogP contribution in [-0.4, -0.2) is 30.0 Å². The summed E-state index contributed by atoms with van der Waals surface area (Å²) in [5.41, 5.74) is 13.5. The average molecular weight is 340 g/mol. The molecule has 2 fully saturated rings. The van der Waals surface area contributed by atoms with Gasteiger partial charge in [0, 0.05) is 13.0 Å². The molecule has 0 atom stereocenters. The fraction of sp³-hybridized carbons (Fsp3) is 0.500. The Morgan fingerprint density at radius 1 is 1.00 bits per heavy atom. The Bertz CT molecular complexity index is 750. The van der Waals surface area contributed by atoms with E-state index in [1.807, 2.05) is 34.1 Å². The molecule has 0 aromatic heterocycles. The lowest BCUT2D eigenvalue weighted by atomic mass is 9.87. The van der Waals surface area contributed by atoms with Crippen molar-refractivity contribution in [1.29, 1.82) is 0 Å². The predicted molar refractivity (Wildman–Crippen MR) is 99.6 cm³/mol. The van der Waals surface area contributed by atoms with Gasteiger partial charge in [-0.3, -0.25) is 9.69 Å². The number of para-hydroxylation sites is 2. The van der Waals surface area contributed by atoms with Gasteiger partial charge in [-0.05, 0) is 44.2 Å². The third-order valence-electron chi connectivity index (χ3n) is 5.34. The highest BCUT2D eigenvalue weighted by Gasteiger charge is 2.44. The van der Waals surface area contributed by atoms with Crippen LogP contribution in [0.3, 0.4) is 0 Å². The van der Waals surface area contributed by atoms with Crippen molar-refractivity contribution in [1.82, 2.24) is 0 Å². The quantitative estimate of drug-likeness (QED) is 0.859.